The molecule has 0 radical (unpaired) electrons. The summed E-state index contributed by atoms with van der Waals surface area (Å²) in [7, 11) is -1.03. The Morgan fingerprint density at radius 2 is 1.84 bits per heavy atom. The van der Waals surface area contributed by atoms with Crippen LogP contribution >= 0.6 is 22.9 Å². The van der Waals surface area contributed by atoms with Crippen molar-refractivity contribution in [3.05, 3.63) is 62.5 Å². The van der Waals surface area contributed by atoms with E-state index in [1.54, 1.807) is 11.3 Å². The maximum Gasteiger partial charge on any atom is 0.337 e. The van der Waals surface area contributed by atoms with Gasteiger partial charge < -0.3 is 0 Å². The lowest BCUT2D eigenvalue weighted by atomic mass is 10.00. The third-order valence-electron chi connectivity index (χ3n) is 5.18. The van der Waals surface area contributed by atoms with Gasteiger partial charge in [-0.05, 0) is 38.5 Å². The van der Waals surface area contributed by atoms with Gasteiger partial charge in [-0.2, -0.15) is 12.7 Å². The molecule has 11 heteroatoms. The fraction of sp³-hybridized carbons (Fsp3) is 0.350. The minimum atomic E-state index is -3.87. The van der Waals surface area contributed by atoms with Gasteiger partial charge >= 0.3 is 10.3 Å². The number of halogens is 1. The topological polar surface area (TPSA) is 89.7 Å². The Hall–Kier alpha value is -2.11. The standard InChI is InChI=1S/C20H22ClN5O3S2/c1-11-12(2)30-20-17(11)18(14-6-8-15(21)9-7-14)22-16(10-29-31(27,28)25(4)5)19-24-23-13(3)26(19)20/h6-9,16H,10H2,1-5H3. The van der Waals surface area contributed by atoms with E-state index < -0.39 is 16.3 Å². The summed E-state index contributed by atoms with van der Waals surface area (Å²) in [6.45, 7) is 5.80. The van der Waals surface area contributed by atoms with Gasteiger partial charge in [0.25, 0.3) is 0 Å². The quantitative estimate of drug-likeness (QED) is 0.557. The van der Waals surface area contributed by atoms with Crippen LogP contribution in [0.5, 0.6) is 0 Å². The lowest BCUT2D eigenvalue weighted by molar-refractivity contribution is 0.265. The first-order valence-corrected chi connectivity index (χ1v) is 12.1. The molecule has 0 spiro atoms. The Kier molecular flexibility index (Phi) is 5.78. The van der Waals surface area contributed by atoms with Crippen LogP contribution in [0, 0.1) is 20.8 Å². The van der Waals surface area contributed by atoms with E-state index in [1.807, 2.05) is 35.8 Å². The summed E-state index contributed by atoms with van der Waals surface area (Å²) in [5.74, 6) is 1.24. The average molecular weight is 480 g/mol. The van der Waals surface area contributed by atoms with Crippen molar-refractivity contribution < 1.29 is 12.6 Å². The third kappa shape index (κ3) is 3.94. The van der Waals surface area contributed by atoms with Crippen LogP contribution < -0.4 is 0 Å². The van der Waals surface area contributed by atoms with Crippen LogP contribution in [0.1, 0.15) is 39.3 Å². The summed E-state index contributed by atoms with van der Waals surface area (Å²) in [5.41, 5.74) is 3.71. The van der Waals surface area contributed by atoms with E-state index in [0.717, 1.165) is 36.6 Å². The zero-order valence-electron chi connectivity index (χ0n) is 17.7. The van der Waals surface area contributed by atoms with Crippen molar-refractivity contribution in [2.45, 2.75) is 26.8 Å². The van der Waals surface area contributed by atoms with Gasteiger partial charge in [0, 0.05) is 35.1 Å². The van der Waals surface area contributed by atoms with Gasteiger partial charge in [0.05, 0.1) is 12.3 Å². The number of fused-ring (bicyclic) bond motifs is 3. The number of thiophene rings is 1. The highest BCUT2D eigenvalue weighted by atomic mass is 35.5. The number of nitrogens with zero attached hydrogens (tertiary/aromatic N) is 5. The maximum atomic E-state index is 12.2. The van der Waals surface area contributed by atoms with E-state index in [2.05, 4.69) is 24.0 Å². The van der Waals surface area contributed by atoms with Crippen LogP contribution in [-0.4, -0.2) is 53.9 Å². The SMILES string of the molecule is Cc1sc2c(c1C)C(c1ccc(Cl)cc1)=NC(COS(=O)(=O)N(C)C)c1nnc(C)n1-2. The molecule has 0 N–H and O–H groups in total. The van der Waals surface area contributed by atoms with Crippen LogP contribution in [0.15, 0.2) is 29.3 Å². The van der Waals surface area contributed by atoms with Gasteiger partial charge in [-0.15, -0.1) is 21.5 Å². The van der Waals surface area contributed by atoms with Gasteiger partial charge in [-0.3, -0.25) is 13.7 Å². The van der Waals surface area contributed by atoms with Crippen molar-refractivity contribution in [1.82, 2.24) is 19.1 Å². The summed E-state index contributed by atoms with van der Waals surface area (Å²) in [6.07, 6.45) is 0. The fourth-order valence-corrected chi connectivity index (χ4v) is 5.21. The predicted molar refractivity (Wildman–Crippen MR) is 122 cm³/mol. The van der Waals surface area contributed by atoms with Crippen LogP contribution in [0.2, 0.25) is 5.02 Å². The third-order valence-corrected chi connectivity index (χ3v) is 7.95. The summed E-state index contributed by atoms with van der Waals surface area (Å²) in [5, 5.41) is 10.1. The first kappa shape index (κ1) is 22.1. The fourth-order valence-electron chi connectivity index (χ4n) is 3.36. The lowest BCUT2D eigenvalue weighted by Crippen LogP contribution is -2.26. The second kappa shape index (κ2) is 8.10. The second-order valence-corrected chi connectivity index (χ2v) is 10.9. The van der Waals surface area contributed by atoms with Gasteiger partial charge in [0.1, 0.15) is 16.9 Å². The molecule has 3 aromatic rings. The molecule has 0 bridgehead atoms. The minimum Gasteiger partial charge on any atom is -0.271 e. The van der Waals surface area contributed by atoms with E-state index in [4.69, 9.17) is 20.8 Å². The van der Waals surface area contributed by atoms with E-state index >= 15 is 0 Å². The van der Waals surface area contributed by atoms with Crippen LogP contribution in [0.4, 0.5) is 0 Å². The number of aliphatic imine (C=N–C) groups is 1. The Balaban J connectivity index is 1.92. The van der Waals surface area contributed by atoms with Crippen molar-refractivity contribution in [2.24, 2.45) is 4.99 Å². The zero-order valence-corrected chi connectivity index (χ0v) is 20.1. The molecule has 0 amide bonds. The van der Waals surface area contributed by atoms with Gasteiger partial charge in [0.15, 0.2) is 5.82 Å². The highest BCUT2D eigenvalue weighted by Gasteiger charge is 2.32. The average Bonchev–Trinajstić information content (AvgIpc) is 3.18. The number of hydrogen-bond donors (Lipinski definition) is 0. The Labute approximate surface area is 190 Å². The molecule has 0 saturated carbocycles. The van der Waals surface area contributed by atoms with Crippen LogP contribution in [-0.2, 0) is 14.5 Å². The molecule has 1 atom stereocenters. The summed E-state index contributed by atoms with van der Waals surface area (Å²) in [4.78, 5) is 6.12. The van der Waals surface area contributed by atoms with Crippen molar-refractivity contribution in [3.8, 4) is 5.00 Å². The van der Waals surface area contributed by atoms with Crippen molar-refractivity contribution in [2.75, 3.05) is 20.7 Å². The minimum absolute atomic E-state index is 0.192. The van der Waals surface area contributed by atoms with Crippen molar-refractivity contribution >= 4 is 39.0 Å². The number of rotatable bonds is 5. The molecular weight excluding hydrogens is 458 g/mol. The molecular formula is C20H22ClN5O3S2. The molecule has 164 valence electrons. The number of aromatic nitrogens is 3. The summed E-state index contributed by atoms with van der Waals surface area (Å²) >= 11 is 7.73. The molecule has 1 aliphatic heterocycles. The molecule has 0 aliphatic carbocycles. The van der Waals surface area contributed by atoms with Crippen LogP contribution in [0.25, 0.3) is 5.00 Å². The van der Waals surface area contributed by atoms with Gasteiger partial charge in [-0.25, -0.2) is 0 Å². The summed E-state index contributed by atoms with van der Waals surface area (Å²) in [6, 6.07) is 6.77. The molecule has 1 aliphatic rings. The van der Waals surface area contributed by atoms with Gasteiger partial charge in [0.2, 0.25) is 0 Å². The number of hydrogen-bond acceptors (Lipinski definition) is 7. The van der Waals surface area contributed by atoms with Crippen molar-refractivity contribution in [1.29, 1.82) is 0 Å². The molecule has 4 rings (SSSR count). The van der Waals surface area contributed by atoms with E-state index in [1.165, 1.54) is 14.1 Å². The lowest BCUT2D eigenvalue weighted by Gasteiger charge is -2.15. The predicted octanol–water partition coefficient (Wildman–Crippen LogP) is 3.62. The molecule has 2 aromatic heterocycles. The Bertz CT molecular complexity index is 1280. The first-order chi connectivity index (χ1) is 14.6. The maximum absolute atomic E-state index is 12.2. The molecule has 0 fully saturated rings. The summed E-state index contributed by atoms with van der Waals surface area (Å²) < 4.78 is 32.7. The molecule has 3 heterocycles. The first-order valence-electron chi connectivity index (χ1n) is 9.53. The Morgan fingerprint density at radius 3 is 2.48 bits per heavy atom. The highest BCUT2D eigenvalue weighted by Crippen LogP contribution is 2.39. The largest absolute Gasteiger partial charge is 0.337 e. The molecule has 31 heavy (non-hydrogen) atoms. The molecule has 1 unspecified atom stereocenters. The molecule has 8 nitrogen and oxygen atoms in total. The highest BCUT2D eigenvalue weighted by molar-refractivity contribution is 7.84. The normalized spacial score (nSPS) is 16.1. The monoisotopic (exact) mass is 479 g/mol. The van der Waals surface area contributed by atoms with Crippen LogP contribution in [0.3, 0.4) is 0 Å². The van der Waals surface area contributed by atoms with Crippen molar-refractivity contribution in [3.63, 3.8) is 0 Å². The molecule has 0 saturated heterocycles. The smallest absolute Gasteiger partial charge is 0.271 e. The second-order valence-electron chi connectivity index (χ2n) is 7.43. The Morgan fingerprint density at radius 1 is 1.16 bits per heavy atom. The molecule has 1 aromatic carbocycles. The van der Waals surface area contributed by atoms with E-state index in [-0.39, 0.29) is 6.61 Å². The van der Waals surface area contributed by atoms with E-state index in [0.29, 0.717) is 16.7 Å². The number of benzene rings is 1. The van der Waals surface area contributed by atoms with Gasteiger partial charge in [-0.1, -0.05) is 23.7 Å². The number of aryl methyl sites for hydroxylation is 2. The zero-order chi connectivity index (χ0) is 22.5. The van der Waals surface area contributed by atoms with E-state index in [9.17, 15) is 8.42 Å².